The molecule has 0 unspecified atom stereocenters. The molecule has 0 aliphatic carbocycles. The Morgan fingerprint density at radius 1 is 0.897 bits per heavy atom. The minimum Gasteiger partial charge on any atom is -0.370 e. The van der Waals surface area contributed by atoms with E-state index in [2.05, 4.69) is 54.8 Å². The monoisotopic (exact) mass is 561 g/mol. The normalized spacial score (nSPS) is 19.7. The minimum atomic E-state index is -4.27. The average molecular weight is 562 g/mol. The quantitative estimate of drug-likeness (QED) is 0.341. The predicted octanol–water partition coefficient (Wildman–Crippen LogP) is 6.98. The molecule has 2 aromatic carbocycles. The van der Waals surface area contributed by atoms with Crippen LogP contribution in [0.25, 0.3) is 0 Å². The van der Waals surface area contributed by atoms with Crippen LogP contribution in [0, 0.1) is 5.92 Å². The maximum atomic E-state index is 13.1. The van der Waals surface area contributed by atoms with E-state index in [1.54, 1.807) is 24.3 Å². The molecule has 0 N–H and O–H groups in total. The first-order chi connectivity index (χ1) is 18.5. The lowest BCUT2D eigenvalue weighted by atomic mass is 9.87. The maximum absolute atomic E-state index is 13.1. The van der Waals surface area contributed by atoms with Crippen molar-refractivity contribution in [3.8, 4) is 0 Å². The Morgan fingerprint density at radius 2 is 1.62 bits per heavy atom. The van der Waals surface area contributed by atoms with E-state index < -0.39 is 5.51 Å². The number of likely N-dealkylation sites (tertiary alicyclic amines) is 1. The second-order valence-corrected chi connectivity index (χ2v) is 13.1. The molecule has 8 heteroatoms. The zero-order chi connectivity index (χ0) is 28.0. The van der Waals surface area contributed by atoms with Crippen molar-refractivity contribution in [2.24, 2.45) is 5.92 Å². The molecule has 2 saturated heterocycles. The summed E-state index contributed by atoms with van der Waals surface area (Å²) in [5, 5.41) is 0. The number of anilines is 1. The molecule has 214 valence electrons. The highest BCUT2D eigenvalue weighted by Gasteiger charge is 2.29. The summed E-state index contributed by atoms with van der Waals surface area (Å²) in [5.41, 5.74) is -0.466. The van der Waals surface area contributed by atoms with Gasteiger partial charge in [-0.2, -0.15) is 13.2 Å². The molecule has 0 bridgehead atoms. The van der Waals surface area contributed by atoms with Gasteiger partial charge in [-0.15, -0.1) is 0 Å². The van der Waals surface area contributed by atoms with Crippen molar-refractivity contribution in [3.05, 3.63) is 59.7 Å². The molecule has 4 rings (SSSR count). The molecule has 39 heavy (non-hydrogen) atoms. The van der Waals surface area contributed by atoms with Gasteiger partial charge in [0.15, 0.2) is 0 Å². The molecule has 0 radical (unpaired) electrons. The van der Waals surface area contributed by atoms with Crippen molar-refractivity contribution >= 4 is 23.4 Å². The Balaban J connectivity index is 1.21. The first kappa shape index (κ1) is 29.8. The van der Waals surface area contributed by atoms with Crippen LogP contribution in [0.1, 0.15) is 57.6 Å². The Labute approximate surface area is 235 Å². The van der Waals surface area contributed by atoms with E-state index in [0.717, 1.165) is 77.1 Å². The summed E-state index contributed by atoms with van der Waals surface area (Å²) >= 11 is -0.0813. The number of hydrogen-bond donors (Lipinski definition) is 0. The number of hydrogen-bond acceptors (Lipinski definition) is 4. The van der Waals surface area contributed by atoms with Gasteiger partial charge in [-0.3, -0.25) is 4.79 Å². The Hall–Kier alpha value is -2.19. The van der Waals surface area contributed by atoms with Crippen LogP contribution in [0.4, 0.5) is 18.9 Å². The highest BCUT2D eigenvalue weighted by molar-refractivity contribution is 8.00. The van der Waals surface area contributed by atoms with Crippen LogP contribution in [-0.4, -0.2) is 67.0 Å². The van der Waals surface area contributed by atoms with Crippen molar-refractivity contribution in [2.75, 3.05) is 50.7 Å². The van der Waals surface area contributed by atoms with Gasteiger partial charge in [0.25, 0.3) is 0 Å². The molecular weight excluding hydrogens is 519 g/mol. The molecular formula is C31H42F3N3OS. The van der Waals surface area contributed by atoms with Gasteiger partial charge >= 0.3 is 5.51 Å². The Morgan fingerprint density at radius 3 is 2.28 bits per heavy atom. The number of nitrogens with zero attached hydrogens (tertiary/aromatic N) is 3. The maximum Gasteiger partial charge on any atom is 0.446 e. The fraction of sp³-hybridized carbons (Fsp3) is 0.581. The summed E-state index contributed by atoms with van der Waals surface area (Å²) in [5.74, 6) is 0.565. The number of rotatable bonds is 7. The summed E-state index contributed by atoms with van der Waals surface area (Å²) in [6.45, 7) is 13.0. The van der Waals surface area contributed by atoms with Gasteiger partial charge in [0, 0.05) is 56.3 Å². The lowest BCUT2D eigenvalue weighted by molar-refractivity contribution is -0.133. The fourth-order valence-electron chi connectivity index (χ4n) is 5.66. The summed E-state index contributed by atoms with van der Waals surface area (Å²) in [7, 11) is 0. The van der Waals surface area contributed by atoms with Gasteiger partial charge in [-0.25, -0.2) is 0 Å². The molecule has 2 aromatic rings. The SMILES string of the molecule is CC(C)(C)c1ccc(N2CCCN(CCC(=O)N3CCC[C@H](Cc4ccc(SC(F)(F)F)cc4)C3)CC2)cc1. The molecule has 0 saturated carbocycles. The molecule has 4 nitrogen and oxygen atoms in total. The molecule has 0 aromatic heterocycles. The van der Waals surface area contributed by atoms with Crippen LogP contribution in [0.3, 0.4) is 0 Å². The molecule has 2 aliphatic rings. The third-order valence-corrected chi connectivity index (χ3v) is 8.62. The topological polar surface area (TPSA) is 26.8 Å². The van der Waals surface area contributed by atoms with E-state index in [1.807, 2.05) is 4.90 Å². The van der Waals surface area contributed by atoms with Gasteiger partial charge in [0.2, 0.25) is 5.91 Å². The Kier molecular flexibility index (Phi) is 9.92. The van der Waals surface area contributed by atoms with Crippen molar-refractivity contribution in [1.82, 2.24) is 9.80 Å². The van der Waals surface area contributed by atoms with Crippen molar-refractivity contribution < 1.29 is 18.0 Å². The van der Waals surface area contributed by atoms with E-state index in [1.165, 1.54) is 11.3 Å². The van der Waals surface area contributed by atoms with Crippen molar-refractivity contribution in [1.29, 1.82) is 0 Å². The smallest absolute Gasteiger partial charge is 0.370 e. The number of benzene rings is 2. The number of halogens is 3. The van der Waals surface area contributed by atoms with E-state index >= 15 is 0 Å². The van der Waals surface area contributed by atoms with Crippen LogP contribution in [0.2, 0.25) is 0 Å². The van der Waals surface area contributed by atoms with E-state index in [-0.39, 0.29) is 28.0 Å². The lowest BCUT2D eigenvalue weighted by Gasteiger charge is -2.33. The number of amides is 1. The van der Waals surface area contributed by atoms with Crippen LogP contribution in [-0.2, 0) is 16.6 Å². The third kappa shape index (κ3) is 9.17. The number of carbonyl (C=O) groups excluding carboxylic acids is 1. The number of piperidine rings is 1. The predicted molar refractivity (Wildman–Crippen MR) is 154 cm³/mol. The molecule has 2 heterocycles. The first-order valence-corrected chi connectivity index (χ1v) is 15.0. The van der Waals surface area contributed by atoms with Gasteiger partial charge in [0.1, 0.15) is 0 Å². The van der Waals surface area contributed by atoms with Gasteiger partial charge in [-0.05, 0) is 90.7 Å². The number of alkyl halides is 3. The van der Waals surface area contributed by atoms with Crippen LogP contribution in [0.5, 0.6) is 0 Å². The molecule has 1 atom stereocenters. The van der Waals surface area contributed by atoms with E-state index in [9.17, 15) is 18.0 Å². The van der Waals surface area contributed by atoms with Gasteiger partial charge < -0.3 is 14.7 Å². The third-order valence-electron chi connectivity index (χ3n) is 7.88. The largest absolute Gasteiger partial charge is 0.446 e. The van der Waals surface area contributed by atoms with Gasteiger partial charge in [0.05, 0.1) is 0 Å². The number of thioether (sulfide) groups is 1. The zero-order valence-electron chi connectivity index (χ0n) is 23.5. The highest BCUT2D eigenvalue weighted by Crippen LogP contribution is 2.37. The van der Waals surface area contributed by atoms with Crippen LogP contribution < -0.4 is 4.90 Å². The average Bonchev–Trinajstić information content (AvgIpc) is 3.13. The second kappa shape index (κ2) is 13.0. The highest BCUT2D eigenvalue weighted by atomic mass is 32.2. The lowest BCUT2D eigenvalue weighted by Crippen LogP contribution is -2.42. The van der Waals surface area contributed by atoms with E-state index in [4.69, 9.17) is 0 Å². The summed E-state index contributed by atoms with van der Waals surface area (Å²) in [4.78, 5) is 20.2. The van der Waals surface area contributed by atoms with E-state index in [0.29, 0.717) is 12.3 Å². The zero-order valence-corrected chi connectivity index (χ0v) is 24.3. The summed E-state index contributed by atoms with van der Waals surface area (Å²) in [6, 6.07) is 15.6. The molecule has 2 aliphatic heterocycles. The first-order valence-electron chi connectivity index (χ1n) is 14.2. The van der Waals surface area contributed by atoms with Crippen LogP contribution >= 0.6 is 11.8 Å². The fourth-order valence-corrected chi connectivity index (χ4v) is 6.20. The summed E-state index contributed by atoms with van der Waals surface area (Å²) in [6.07, 6.45) is 4.43. The molecule has 2 fully saturated rings. The minimum absolute atomic E-state index is 0.0813. The Bertz CT molecular complexity index is 1070. The van der Waals surface area contributed by atoms with Crippen molar-refractivity contribution in [2.45, 2.75) is 68.7 Å². The standard InChI is InChI=1S/C31H42F3N3OS/c1-30(2,3)26-9-11-27(12-10-26)36-18-5-16-35(20-21-36)19-15-29(38)37-17-4-6-25(23-37)22-24-7-13-28(14-8-24)39-31(32,33)34/h7-14,25H,4-6,15-23H2,1-3H3/t25-/m1/s1. The van der Waals surface area contributed by atoms with Crippen molar-refractivity contribution in [3.63, 3.8) is 0 Å². The van der Waals surface area contributed by atoms with Crippen LogP contribution in [0.15, 0.2) is 53.4 Å². The molecule has 0 spiro atoms. The number of carbonyl (C=O) groups is 1. The summed E-state index contributed by atoms with van der Waals surface area (Å²) < 4.78 is 37.8. The second-order valence-electron chi connectivity index (χ2n) is 12.0. The van der Waals surface area contributed by atoms with Gasteiger partial charge in [-0.1, -0.05) is 45.0 Å². The molecule has 1 amide bonds.